The molecule has 4 heterocycles. The van der Waals surface area contributed by atoms with Gasteiger partial charge in [0.05, 0.1) is 70.7 Å². The maximum absolute atomic E-state index is 13.5. The average Bonchev–Trinajstić information content (AvgIpc) is 1.96. The number of unbranched alkanes of at least 4 members (excludes halogenated alkanes) is 6. The van der Waals surface area contributed by atoms with Crippen molar-refractivity contribution in [2.45, 2.75) is 155 Å². The summed E-state index contributed by atoms with van der Waals surface area (Å²) in [6.45, 7) is 22.4. The largest absolute Gasteiger partial charge is 0.491 e. The first-order valence-electron chi connectivity index (χ1n) is 38.7. The first kappa shape index (κ1) is 93.5. The Morgan fingerprint density at radius 2 is 1.17 bits per heavy atom. The molecule has 15 nitrogen and oxygen atoms in total. The molecule has 0 unspecified atom stereocenters. The number of pyridine rings is 1. The highest BCUT2D eigenvalue weighted by Crippen LogP contribution is 2.39. The van der Waals surface area contributed by atoms with Gasteiger partial charge in [-0.3, -0.25) is 19.2 Å². The van der Waals surface area contributed by atoms with Crippen molar-refractivity contribution in [3.8, 4) is 45.3 Å². The Morgan fingerprint density at radius 3 is 1.79 bits per heavy atom. The first-order chi connectivity index (χ1) is 54.2. The highest BCUT2D eigenvalue weighted by atomic mass is 35.5. The van der Waals surface area contributed by atoms with Crippen LogP contribution in [-0.4, -0.2) is 103 Å². The number of aryl methyl sites for hydroxylation is 1. The van der Waals surface area contributed by atoms with E-state index in [1.807, 2.05) is 153 Å². The molecule has 1 N–H and O–H groups in total. The van der Waals surface area contributed by atoms with Crippen LogP contribution in [-0.2, 0) is 40.8 Å². The number of rotatable bonds is 28. The van der Waals surface area contributed by atoms with Crippen molar-refractivity contribution in [1.29, 1.82) is 0 Å². The Hall–Kier alpha value is -11.3. The molecule has 13 aromatic rings. The summed E-state index contributed by atoms with van der Waals surface area (Å²) in [5.74, 6) is 1.68. The molecule has 116 heavy (non-hydrogen) atoms. The van der Waals surface area contributed by atoms with E-state index in [0.717, 1.165) is 106 Å². The van der Waals surface area contributed by atoms with Gasteiger partial charge in [-0.05, 0) is 160 Å². The van der Waals surface area contributed by atoms with E-state index >= 15 is 0 Å². The molecule has 13 rings (SSSR count). The molecule has 0 aliphatic rings. The molecule has 0 radical (unpaired) electrons. The third-order valence-electron chi connectivity index (χ3n) is 19.5. The molecule has 0 atom stereocenters. The number of likely N-dealkylation sites (N-methyl/N-ethyl adjacent to an activating group) is 1. The van der Waals surface area contributed by atoms with Gasteiger partial charge in [0.1, 0.15) is 22.8 Å². The van der Waals surface area contributed by atoms with E-state index in [0.29, 0.717) is 62.5 Å². The van der Waals surface area contributed by atoms with Gasteiger partial charge < -0.3 is 38.6 Å². The van der Waals surface area contributed by atoms with Crippen molar-refractivity contribution in [1.82, 2.24) is 39.0 Å². The normalized spacial score (nSPS) is 10.6. The maximum Gasteiger partial charge on any atom is 0.296 e. The molecular weight excluding hydrogens is 1490 g/mol. The van der Waals surface area contributed by atoms with Gasteiger partial charge in [0.2, 0.25) is 17.7 Å². The highest BCUT2D eigenvalue weighted by Gasteiger charge is 2.25. The lowest BCUT2D eigenvalue weighted by molar-refractivity contribution is -0.130. The van der Waals surface area contributed by atoms with Crippen LogP contribution in [0.2, 0.25) is 10.0 Å². The molecule has 0 spiro atoms. The minimum Gasteiger partial charge on any atom is -0.491 e. The molecule has 0 aliphatic heterocycles. The summed E-state index contributed by atoms with van der Waals surface area (Å²) in [7, 11) is 5.24. The number of aromatic nitrogens is 5. The number of amides is 3. The van der Waals surface area contributed by atoms with Crippen molar-refractivity contribution < 1.29 is 28.2 Å². The van der Waals surface area contributed by atoms with Crippen molar-refractivity contribution in [3.63, 3.8) is 0 Å². The monoisotopic (exact) mass is 1610 g/mol. The number of nitrogens with one attached hydrogen (secondary N) is 1. The minimum atomic E-state index is -0.257. The molecule has 0 bridgehead atoms. The Kier molecular flexibility index (Phi) is 36.8. The quantitative estimate of drug-likeness (QED) is 0.0473. The van der Waals surface area contributed by atoms with Gasteiger partial charge in [0.15, 0.2) is 5.75 Å². The number of hydrogen-bond donors (Lipinski definition) is 1. The molecule has 4 aromatic heterocycles. The third kappa shape index (κ3) is 24.1. The fourth-order valence-electron chi connectivity index (χ4n) is 13.7. The fourth-order valence-corrected chi connectivity index (χ4v) is 14.0. The molecule has 0 fully saturated rings. The second-order valence-corrected chi connectivity index (χ2v) is 29.0. The number of hydrogen-bond acceptors (Lipinski definition) is 9. The van der Waals surface area contributed by atoms with Crippen LogP contribution in [0.15, 0.2) is 242 Å². The van der Waals surface area contributed by atoms with Crippen LogP contribution in [0.1, 0.15) is 152 Å². The molecule has 0 aliphatic carbocycles. The summed E-state index contributed by atoms with van der Waals surface area (Å²) in [5, 5.41) is 9.50. The summed E-state index contributed by atoms with van der Waals surface area (Å²) < 4.78 is 28.6. The number of fused-ring (bicyclic) bond motifs is 5. The number of aromatic amines is 1. The minimum absolute atomic E-state index is 0. The number of carbonyl (C=O) groups is 3. The van der Waals surface area contributed by atoms with Gasteiger partial charge in [0, 0.05) is 103 Å². The van der Waals surface area contributed by atoms with E-state index in [2.05, 4.69) is 109 Å². The number of carbonyl (C=O) groups excluding carboxylic acids is 3. The molecule has 0 saturated heterocycles. The number of H-pyrrole nitrogens is 1. The van der Waals surface area contributed by atoms with E-state index < -0.39 is 0 Å². The SMILES string of the molecule is C.C.C.C.C=C(c1cc(-c2ccccc2)c2ccccc2n1)N(CC)CC.CC(=O)N(Cc1ccccc1OC(C)C)c1ccc(Cl)cc1Oc1ccccc1.CCCCCCN(CCCCCC)C(=O)Cc1c(-c2ccc(F)cc2)[nH]c2ccccc12.CN(C)C(=O)Cc1nn(-c2ccccc2)c(=O)c2c1c1ccc(Cl)cc1n2C. The van der Waals surface area contributed by atoms with Crippen LogP contribution < -0.4 is 19.9 Å². The molecule has 3 amide bonds. The van der Waals surface area contributed by atoms with Gasteiger partial charge in [-0.25, -0.2) is 9.37 Å². The lowest BCUT2D eigenvalue weighted by Gasteiger charge is -2.25. The van der Waals surface area contributed by atoms with Crippen molar-refractivity contribution >= 4 is 95.9 Å². The third-order valence-corrected chi connectivity index (χ3v) is 20.0. The molecule has 0 saturated carbocycles. The topological polar surface area (TPSA) is 151 Å². The van der Waals surface area contributed by atoms with Crippen LogP contribution >= 0.6 is 23.2 Å². The molecule has 612 valence electrons. The lowest BCUT2D eigenvalue weighted by Crippen LogP contribution is -2.34. The zero-order chi connectivity index (χ0) is 79.8. The summed E-state index contributed by atoms with van der Waals surface area (Å²) in [4.78, 5) is 67.6. The van der Waals surface area contributed by atoms with Crippen molar-refractivity contribution in [2.75, 3.05) is 45.2 Å². The summed E-state index contributed by atoms with van der Waals surface area (Å²) in [5.41, 5.74) is 13.0. The molecule has 18 heteroatoms. The smallest absolute Gasteiger partial charge is 0.296 e. The number of halogens is 3. The van der Waals surface area contributed by atoms with E-state index in [-0.39, 0.29) is 71.3 Å². The van der Waals surface area contributed by atoms with E-state index in [1.165, 1.54) is 83.7 Å². The van der Waals surface area contributed by atoms with Crippen molar-refractivity contribution in [3.05, 3.63) is 286 Å². The number of para-hydroxylation sites is 5. The predicted octanol–water partition coefficient (Wildman–Crippen LogP) is 24.9. The van der Waals surface area contributed by atoms with Crippen LogP contribution in [0.4, 0.5) is 10.1 Å². The summed E-state index contributed by atoms with van der Waals surface area (Å²) in [6, 6.07) is 72.6. The van der Waals surface area contributed by atoms with Crippen LogP contribution in [0.25, 0.3) is 77.4 Å². The number of benzene rings is 9. The Labute approximate surface area is 697 Å². The van der Waals surface area contributed by atoms with Crippen LogP contribution in [0.5, 0.6) is 17.2 Å². The van der Waals surface area contributed by atoms with Crippen molar-refractivity contribution in [2.24, 2.45) is 7.05 Å². The van der Waals surface area contributed by atoms with Gasteiger partial charge in [0.25, 0.3) is 5.56 Å². The number of anilines is 1. The summed E-state index contributed by atoms with van der Waals surface area (Å²) in [6.07, 6.45) is 9.78. The van der Waals surface area contributed by atoms with Gasteiger partial charge in [-0.1, -0.05) is 239 Å². The number of nitrogens with zero attached hydrogens (tertiary/aromatic N) is 8. The fraction of sp³-hybridized carbons (Fsp3) is 0.306. The zero-order valence-electron chi connectivity index (χ0n) is 66.0. The maximum atomic E-state index is 13.5. The number of ether oxygens (including phenoxy) is 2. The summed E-state index contributed by atoms with van der Waals surface area (Å²) >= 11 is 12.4. The molecular formula is C98H118Cl2FN9O6. The van der Waals surface area contributed by atoms with Crippen LogP contribution in [0, 0.1) is 5.82 Å². The van der Waals surface area contributed by atoms with Gasteiger partial charge in [-0.15, -0.1) is 0 Å². The Morgan fingerprint density at radius 1 is 0.595 bits per heavy atom. The Balaban J connectivity index is 0.000000239. The van der Waals surface area contributed by atoms with Gasteiger partial charge in [-0.2, -0.15) is 9.78 Å². The second kappa shape index (κ2) is 45.7. The predicted molar refractivity (Wildman–Crippen MR) is 487 cm³/mol. The zero-order valence-corrected chi connectivity index (χ0v) is 67.5. The second-order valence-electron chi connectivity index (χ2n) is 28.1. The lowest BCUT2D eigenvalue weighted by atomic mass is 9.99. The van der Waals surface area contributed by atoms with E-state index in [4.69, 9.17) is 37.7 Å². The first-order valence-corrected chi connectivity index (χ1v) is 39.5. The van der Waals surface area contributed by atoms with E-state index in [1.54, 1.807) is 55.4 Å². The molecule has 9 aromatic carbocycles. The van der Waals surface area contributed by atoms with E-state index in [9.17, 15) is 23.6 Å². The average molecular weight is 1610 g/mol. The standard InChI is InChI=1S/C28H37FN2O.C24H24ClNO3.C21H19ClN4O2.C21H22N2.4CH4/c1-3-5-7-11-19-31(20-12-8-6-4-2)27(32)21-25-24-13-9-10-14-26(24)30-28(25)22-15-17-23(29)18-16-22;1-17(2)28-23-12-8-7-9-19(23)16-26(18(3)27)22-14-13-20(25)15-24(22)29-21-10-5-4-6-11-21;1-24(2)18(27)12-16-19-15-10-9-13(22)11-17(15)25(3)20(19)21(28)26(23-16)14-7-5-4-6-8-14;1-4-23(5-2)16(3)21-15-19(17-11-7-6-8-12-17)18-13-9-10-14-20(18)22-21;;;;/h9-10,13-18,30H,3-8,11-12,19-21H2,1-2H3;4-15,17H,16H2,1-3H3;4-11H,12H2,1-3H3;6-15H,3-5H2,1-2H3;4*1H4. The van der Waals surface area contributed by atoms with Crippen LogP contribution in [0.3, 0.4) is 0 Å². The highest BCUT2D eigenvalue weighted by molar-refractivity contribution is 6.32. The van der Waals surface area contributed by atoms with Gasteiger partial charge >= 0.3 is 0 Å². The Bertz CT molecular complexity index is 5360.